The average Bonchev–Trinajstić information content (AvgIpc) is 3.02. The van der Waals surface area contributed by atoms with Crippen LogP contribution in [0.5, 0.6) is 5.75 Å². The molecule has 12 heteroatoms. The molecule has 1 heterocycles. The molecule has 4 rings (SSSR count). The Kier molecular flexibility index (Phi) is 5.64. The normalized spacial score (nSPS) is 15.1. The molecule has 3 aromatic rings. The molecule has 0 spiro atoms. The van der Waals surface area contributed by atoms with Crippen molar-refractivity contribution >= 4 is 31.6 Å². The zero-order chi connectivity index (χ0) is 23.8. The molecule has 1 aliphatic heterocycles. The second kappa shape index (κ2) is 8.30. The van der Waals surface area contributed by atoms with Crippen LogP contribution in [0, 0.1) is 5.82 Å². The number of aliphatic hydroxyl groups excluding tert-OH is 1. The molecule has 1 aliphatic rings. The topological polar surface area (TPSA) is 136 Å². The maximum atomic E-state index is 13.9. The second-order valence-electron chi connectivity index (χ2n) is 7.14. The molecule has 3 aromatic carbocycles. The fourth-order valence-corrected chi connectivity index (χ4v) is 5.47. The van der Waals surface area contributed by atoms with Gasteiger partial charge in [0.05, 0.1) is 16.8 Å². The van der Waals surface area contributed by atoms with Gasteiger partial charge in [0.1, 0.15) is 17.3 Å². The molecule has 0 aliphatic carbocycles. The van der Waals surface area contributed by atoms with Gasteiger partial charge in [-0.1, -0.05) is 24.3 Å². The molecule has 0 saturated carbocycles. The average molecular weight is 492 g/mol. The zero-order valence-corrected chi connectivity index (χ0v) is 18.4. The van der Waals surface area contributed by atoms with E-state index in [0.717, 1.165) is 12.3 Å². The summed E-state index contributed by atoms with van der Waals surface area (Å²) >= 11 is 0. The molecule has 0 saturated heterocycles. The third-order valence-corrected chi connectivity index (χ3v) is 7.44. The Morgan fingerprint density at radius 2 is 1.73 bits per heavy atom. The first-order chi connectivity index (χ1) is 15.5. The van der Waals surface area contributed by atoms with E-state index >= 15 is 0 Å². The van der Waals surface area contributed by atoms with Crippen molar-refractivity contribution < 1.29 is 31.4 Å². The number of nitrogens with zero attached hydrogens (tertiary/aromatic N) is 1. The lowest BCUT2D eigenvalue weighted by atomic mass is 10.0. The van der Waals surface area contributed by atoms with E-state index in [1.54, 1.807) is 18.2 Å². The highest BCUT2D eigenvalue weighted by Gasteiger charge is 2.30. The number of aliphatic hydroxyl groups is 1. The molecule has 4 N–H and O–H groups in total. The van der Waals surface area contributed by atoms with Crippen molar-refractivity contribution in [1.82, 2.24) is 4.72 Å². The number of phenolic OH excluding ortho intramolecular Hbond substituents is 1. The Bertz CT molecular complexity index is 1460. The van der Waals surface area contributed by atoms with Gasteiger partial charge >= 0.3 is 10.2 Å². The SMILES string of the molecule is O=S(=O)(Nc1ccc(F)cc1Cc1ccc(N2C=C(O)NS2(=O)=O)c(O)c1)c1ccccc1. The molecule has 0 radical (unpaired) electrons. The molecule has 33 heavy (non-hydrogen) atoms. The van der Waals surface area contributed by atoms with E-state index < -0.39 is 37.7 Å². The Morgan fingerprint density at radius 1 is 1.00 bits per heavy atom. The van der Waals surface area contributed by atoms with Gasteiger partial charge in [0.25, 0.3) is 10.0 Å². The van der Waals surface area contributed by atoms with Crippen LogP contribution in [0.3, 0.4) is 0 Å². The van der Waals surface area contributed by atoms with Crippen molar-refractivity contribution in [3.05, 3.63) is 95.8 Å². The molecule has 172 valence electrons. The largest absolute Gasteiger partial charge is 0.506 e. The predicted octanol–water partition coefficient (Wildman–Crippen LogP) is 2.93. The lowest BCUT2D eigenvalue weighted by Gasteiger charge is -2.17. The summed E-state index contributed by atoms with van der Waals surface area (Å²) < 4.78 is 68.3. The lowest BCUT2D eigenvalue weighted by Crippen LogP contribution is -2.29. The standard InChI is InChI=1S/C21H18FN3O6S2/c22-16-7-8-18(23-32(28,29)17-4-2-1-3-5-17)15(12-16)10-14-6-9-19(20(26)11-14)25-13-21(27)24-33(25,30)31/h1-9,11-13,23-24,26-27H,10H2. The van der Waals surface area contributed by atoms with Crippen LogP contribution in [0.4, 0.5) is 15.8 Å². The predicted molar refractivity (Wildman–Crippen MR) is 120 cm³/mol. The van der Waals surface area contributed by atoms with Gasteiger partial charge in [-0.2, -0.15) is 8.42 Å². The minimum atomic E-state index is -4.09. The third-order valence-electron chi connectivity index (χ3n) is 4.77. The number of hydrogen-bond donors (Lipinski definition) is 4. The fourth-order valence-electron chi connectivity index (χ4n) is 3.28. The Hall–Kier alpha value is -3.77. The lowest BCUT2D eigenvalue weighted by molar-refractivity contribution is 0.392. The van der Waals surface area contributed by atoms with Crippen LogP contribution in [0.1, 0.15) is 11.1 Å². The van der Waals surface area contributed by atoms with Gasteiger partial charge in [-0.25, -0.2) is 21.8 Å². The maximum absolute atomic E-state index is 13.9. The molecule has 0 fully saturated rings. The summed E-state index contributed by atoms with van der Waals surface area (Å²) in [4.78, 5) is 0.0408. The molecule has 0 unspecified atom stereocenters. The number of nitrogens with one attached hydrogen (secondary N) is 2. The van der Waals surface area contributed by atoms with Crippen molar-refractivity contribution in [2.45, 2.75) is 11.3 Å². The van der Waals surface area contributed by atoms with Gasteiger partial charge in [-0.15, -0.1) is 0 Å². The third kappa shape index (κ3) is 4.71. The summed E-state index contributed by atoms with van der Waals surface area (Å²) in [5.41, 5.74) is 0.803. The Balaban J connectivity index is 1.64. The number of rotatable bonds is 6. The van der Waals surface area contributed by atoms with Crippen molar-refractivity contribution in [3.8, 4) is 5.75 Å². The minimum absolute atomic E-state index is 0.0321. The van der Waals surface area contributed by atoms with Crippen molar-refractivity contribution in [2.24, 2.45) is 0 Å². The van der Waals surface area contributed by atoms with Gasteiger partial charge in [-0.05, 0) is 60.0 Å². The quantitative estimate of drug-likeness (QED) is 0.419. The van der Waals surface area contributed by atoms with E-state index in [-0.39, 0.29) is 22.7 Å². The van der Waals surface area contributed by atoms with E-state index in [1.165, 1.54) is 42.5 Å². The highest BCUT2D eigenvalue weighted by Crippen LogP contribution is 2.34. The maximum Gasteiger partial charge on any atom is 0.330 e. The van der Waals surface area contributed by atoms with Gasteiger partial charge in [0.2, 0.25) is 5.88 Å². The summed E-state index contributed by atoms with van der Waals surface area (Å²) in [5, 5.41) is 19.8. The number of hydrogen-bond acceptors (Lipinski definition) is 6. The van der Waals surface area contributed by atoms with E-state index in [0.29, 0.717) is 15.4 Å². The van der Waals surface area contributed by atoms with E-state index in [1.807, 2.05) is 4.72 Å². The second-order valence-corrected chi connectivity index (χ2v) is 10.4. The van der Waals surface area contributed by atoms with Crippen molar-refractivity contribution in [1.29, 1.82) is 0 Å². The van der Waals surface area contributed by atoms with Crippen molar-refractivity contribution in [2.75, 3.05) is 9.03 Å². The van der Waals surface area contributed by atoms with E-state index in [4.69, 9.17) is 0 Å². The molecule has 0 amide bonds. The smallest absolute Gasteiger partial charge is 0.330 e. The first kappa shape index (κ1) is 22.4. The van der Waals surface area contributed by atoms with E-state index in [2.05, 4.69) is 4.72 Å². The number of halogens is 1. The van der Waals surface area contributed by atoms with Crippen LogP contribution in [-0.4, -0.2) is 27.0 Å². The summed E-state index contributed by atoms with van der Waals surface area (Å²) in [6.07, 6.45) is 0.928. The minimum Gasteiger partial charge on any atom is -0.506 e. The highest BCUT2D eigenvalue weighted by atomic mass is 32.2. The van der Waals surface area contributed by atoms with Crippen LogP contribution < -0.4 is 13.7 Å². The molecule has 0 bridgehead atoms. The molecular weight excluding hydrogens is 473 g/mol. The van der Waals surface area contributed by atoms with Crippen LogP contribution >= 0.6 is 0 Å². The summed E-state index contributed by atoms with van der Waals surface area (Å²) in [7, 11) is -8.01. The number of sulfonamides is 1. The summed E-state index contributed by atoms with van der Waals surface area (Å²) in [5.74, 6) is -1.59. The van der Waals surface area contributed by atoms with Crippen LogP contribution in [0.15, 0.2) is 83.7 Å². The summed E-state index contributed by atoms with van der Waals surface area (Å²) in [6.45, 7) is 0. The van der Waals surface area contributed by atoms with Crippen LogP contribution in [0.25, 0.3) is 0 Å². The number of aromatic hydroxyl groups is 1. The Morgan fingerprint density at radius 3 is 2.36 bits per heavy atom. The molecule has 0 atom stereocenters. The van der Waals surface area contributed by atoms with Gasteiger partial charge in [0, 0.05) is 0 Å². The molecule has 0 aromatic heterocycles. The summed E-state index contributed by atoms with van der Waals surface area (Å²) in [6, 6.07) is 15.4. The monoisotopic (exact) mass is 491 g/mol. The van der Waals surface area contributed by atoms with Crippen LogP contribution in [0.2, 0.25) is 0 Å². The number of phenols is 1. The number of anilines is 2. The fraction of sp³-hybridized carbons (Fsp3) is 0.0476. The van der Waals surface area contributed by atoms with Gasteiger partial charge < -0.3 is 10.2 Å². The Labute approximate surface area is 189 Å². The van der Waals surface area contributed by atoms with E-state index in [9.17, 15) is 31.4 Å². The van der Waals surface area contributed by atoms with Gasteiger partial charge in [0.15, 0.2) is 0 Å². The van der Waals surface area contributed by atoms with Gasteiger partial charge in [-0.3, -0.25) is 4.72 Å². The van der Waals surface area contributed by atoms with Crippen LogP contribution in [-0.2, 0) is 26.7 Å². The zero-order valence-electron chi connectivity index (χ0n) is 16.8. The first-order valence-electron chi connectivity index (χ1n) is 9.46. The highest BCUT2D eigenvalue weighted by molar-refractivity contribution is 7.92. The van der Waals surface area contributed by atoms with Crippen molar-refractivity contribution in [3.63, 3.8) is 0 Å². The first-order valence-corrected chi connectivity index (χ1v) is 12.4. The molecule has 9 nitrogen and oxygen atoms in total. The number of benzene rings is 3. The molecular formula is C21H18FN3O6S2.